The molecule has 0 bridgehead atoms. The smallest absolute Gasteiger partial charge is 0.289 e. The fourth-order valence-corrected chi connectivity index (χ4v) is 5.25. The average Bonchev–Trinajstić information content (AvgIpc) is 3.54. The monoisotopic (exact) mass is 511 g/mol. The first-order valence-electron chi connectivity index (χ1n) is 12.5. The van der Waals surface area contributed by atoms with Crippen LogP contribution in [-0.2, 0) is 13.0 Å². The summed E-state index contributed by atoms with van der Waals surface area (Å²) in [5.74, 6) is 0.401. The van der Waals surface area contributed by atoms with Crippen LogP contribution in [0.25, 0.3) is 22.5 Å². The highest BCUT2D eigenvalue weighted by molar-refractivity contribution is 6.30. The summed E-state index contributed by atoms with van der Waals surface area (Å²) in [5.41, 5.74) is 6.31. The molecule has 8 heteroatoms. The van der Waals surface area contributed by atoms with E-state index in [2.05, 4.69) is 14.9 Å². The van der Waals surface area contributed by atoms with Crippen molar-refractivity contribution in [2.75, 3.05) is 26.2 Å². The molecule has 1 fully saturated rings. The number of amides is 1. The van der Waals surface area contributed by atoms with Crippen LogP contribution < -0.4 is 0 Å². The maximum atomic E-state index is 13.5. The highest BCUT2D eigenvalue weighted by atomic mass is 35.5. The number of aryl methyl sites for hydroxylation is 1. The Bertz CT molecular complexity index is 1460. The molecule has 1 amide bonds. The van der Waals surface area contributed by atoms with Gasteiger partial charge in [0.05, 0.1) is 11.4 Å². The molecule has 7 nitrogen and oxygen atoms in total. The topological polar surface area (TPSA) is 82.2 Å². The maximum Gasteiger partial charge on any atom is 0.289 e. The van der Waals surface area contributed by atoms with Crippen molar-refractivity contribution in [3.8, 4) is 22.5 Å². The van der Waals surface area contributed by atoms with Crippen LogP contribution in [0.4, 0.5) is 0 Å². The lowest BCUT2D eigenvalue weighted by Crippen LogP contribution is -2.48. The number of aromatic nitrogens is 3. The third-order valence-electron chi connectivity index (χ3n) is 7.15. The van der Waals surface area contributed by atoms with Gasteiger partial charge in [-0.05, 0) is 47.9 Å². The Labute approximate surface area is 220 Å². The molecule has 1 N–H and O–H groups in total. The van der Waals surface area contributed by atoms with Gasteiger partial charge < -0.3 is 9.88 Å². The number of ketones is 1. The van der Waals surface area contributed by atoms with E-state index in [1.54, 1.807) is 12.4 Å². The summed E-state index contributed by atoms with van der Waals surface area (Å²) in [6.07, 6.45) is 4.73. The summed E-state index contributed by atoms with van der Waals surface area (Å²) in [6, 6.07) is 17.5. The lowest BCUT2D eigenvalue weighted by Gasteiger charge is -2.34. The van der Waals surface area contributed by atoms with E-state index < -0.39 is 0 Å². The van der Waals surface area contributed by atoms with E-state index in [0.29, 0.717) is 31.0 Å². The molecule has 186 valence electrons. The Morgan fingerprint density at radius 3 is 2.43 bits per heavy atom. The van der Waals surface area contributed by atoms with Crippen molar-refractivity contribution < 1.29 is 9.59 Å². The molecule has 3 heterocycles. The van der Waals surface area contributed by atoms with Crippen molar-refractivity contribution in [1.29, 1.82) is 0 Å². The average molecular weight is 512 g/mol. The fraction of sp³-hybridized carbons (Fsp3) is 0.241. The zero-order valence-corrected chi connectivity index (χ0v) is 21.0. The van der Waals surface area contributed by atoms with E-state index in [9.17, 15) is 9.59 Å². The highest BCUT2D eigenvalue weighted by Crippen LogP contribution is 2.33. The van der Waals surface area contributed by atoms with Gasteiger partial charge in [0.1, 0.15) is 0 Å². The molecule has 0 atom stereocenters. The van der Waals surface area contributed by atoms with Crippen molar-refractivity contribution in [2.24, 2.45) is 0 Å². The highest BCUT2D eigenvalue weighted by Gasteiger charge is 2.27. The number of piperazine rings is 1. The third-order valence-corrected chi connectivity index (χ3v) is 7.41. The van der Waals surface area contributed by atoms with Gasteiger partial charge in [-0.1, -0.05) is 35.9 Å². The molecule has 4 aromatic rings. The number of nitrogens with zero attached hydrogens (tertiary/aromatic N) is 4. The Balaban J connectivity index is 1.23. The Morgan fingerprint density at radius 2 is 1.68 bits per heavy atom. The summed E-state index contributed by atoms with van der Waals surface area (Å²) in [5, 5.41) is 0.733. The van der Waals surface area contributed by atoms with E-state index in [4.69, 9.17) is 16.6 Å². The molecular formula is C29H26ClN5O2. The summed E-state index contributed by atoms with van der Waals surface area (Å²) >= 11 is 6.00. The van der Waals surface area contributed by atoms with E-state index in [1.807, 2.05) is 59.5 Å². The van der Waals surface area contributed by atoms with Crippen LogP contribution in [-0.4, -0.2) is 62.6 Å². The van der Waals surface area contributed by atoms with Crippen molar-refractivity contribution in [3.05, 3.63) is 94.5 Å². The minimum absolute atomic E-state index is 0.107. The van der Waals surface area contributed by atoms with Crippen molar-refractivity contribution in [3.63, 3.8) is 0 Å². The molecule has 0 unspecified atom stereocenters. The van der Waals surface area contributed by atoms with Crippen molar-refractivity contribution in [1.82, 2.24) is 24.8 Å². The number of Topliss-reactive ketones (excluding diaryl/α,β-unsaturated/α-hetero) is 1. The fourth-order valence-electron chi connectivity index (χ4n) is 5.12. The zero-order valence-electron chi connectivity index (χ0n) is 20.3. The third kappa shape index (κ3) is 4.80. The maximum absolute atomic E-state index is 13.5. The first-order valence-corrected chi connectivity index (χ1v) is 12.9. The number of hydrogen-bond donors (Lipinski definition) is 1. The molecule has 2 aliphatic rings. The second kappa shape index (κ2) is 9.92. The quantitative estimate of drug-likeness (QED) is 0.413. The van der Waals surface area contributed by atoms with Crippen LogP contribution in [0.5, 0.6) is 0 Å². The number of rotatable bonds is 5. The number of carbonyl (C=O) groups excluding carboxylic acids is 2. The normalized spacial score (nSPS) is 15.7. The van der Waals surface area contributed by atoms with Crippen LogP contribution in [0.15, 0.2) is 67.0 Å². The van der Waals surface area contributed by atoms with Crippen LogP contribution >= 0.6 is 11.6 Å². The van der Waals surface area contributed by atoms with Crippen LogP contribution in [0.3, 0.4) is 0 Å². The van der Waals surface area contributed by atoms with E-state index in [-0.39, 0.29) is 11.7 Å². The lowest BCUT2D eigenvalue weighted by atomic mass is 10.0. The summed E-state index contributed by atoms with van der Waals surface area (Å²) in [6.45, 7) is 3.68. The van der Waals surface area contributed by atoms with Gasteiger partial charge in [0.15, 0.2) is 11.6 Å². The summed E-state index contributed by atoms with van der Waals surface area (Å²) in [7, 11) is 0. The lowest BCUT2D eigenvalue weighted by molar-refractivity contribution is 0.0617. The number of carbonyl (C=O) groups is 2. The molecule has 0 radical (unpaired) electrons. The number of aromatic amines is 1. The molecule has 0 spiro atoms. The second-order valence-electron chi connectivity index (χ2n) is 9.53. The molecule has 1 aliphatic carbocycles. The Morgan fingerprint density at radius 1 is 0.919 bits per heavy atom. The second-order valence-corrected chi connectivity index (χ2v) is 9.97. The van der Waals surface area contributed by atoms with Crippen molar-refractivity contribution >= 4 is 23.3 Å². The number of hydrogen-bond acceptors (Lipinski definition) is 5. The van der Waals surface area contributed by atoms with Gasteiger partial charge in [-0.2, -0.15) is 0 Å². The summed E-state index contributed by atoms with van der Waals surface area (Å²) < 4.78 is 0. The molecule has 0 saturated carbocycles. The van der Waals surface area contributed by atoms with Gasteiger partial charge in [-0.3, -0.25) is 19.5 Å². The number of H-pyrrole nitrogens is 1. The minimum atomic E-state index is -0.107. The van der Waals surface area contributed by atoms with Gasteiger partial charge in [0.2, 0.25) is 0 Å². The molecule has 37 heavy (non-hydrogen) atoms. The first-order chi connectivity index (χ1) is 18.0. The number of benzene rings is 2. The molecule has 2 aromatic carbocycles. The van der Waals surface area contributed by atoms with Crippen LogP contribution in [0, 0.1) is 0 Å². The number of nitrogens with one attached hydrogen (secondary N) is 1. The zero-order chi connectivity index (χ0) is 25.4. The van der Waals surface area contributed by atoms with Gasteiger partial charge in [0, 0.05) is 73.3 Å². The van der Waals surface area contributed by atoms with Crippen LogP contribution in [0.2, 0.25) is 5.02 Å². The SMILES string of the molecule is O=C1CCc2cc(-c3nc(C(=O)N4CCN(Cc5ccc(Cl)cc5)CC4)[nH]c3-c3ccncc3)ccc21. The molecule has 1 aliphatic heterocycles. The van der Waals surface area contributed by atoms with Crippen LogP contribution in [0.1, 0.15) is 38.5 Å². The van der Waals surface area contributed by atoms with Gasteiger partial charge in [0.25, 0.3) is 5.91 Å². The molecule has 6 rings (SSSR count). The molecule has 2 aromatic heterocycles. The minimum Gasteiger partial charge on any atom is -0.333 e. The summed E-state index contributed by atoms with van der Waals surface area (Å²) in [4.78, 5) is 42.0. The van der Waals surface area contributed by atoms with Gasteiger partial charge >= 0.3 is 0 Å². The number of halogens is 1. The van der Waals surface area contributed by atoms with E-state index in [1.165, 1.54) is 5.56 Å². The van der Waals surface area contributed by atoms with E-state index in [0.717, 1.165) is 59.0 Å². The number of fused-ring (bicyclic) bond motifs is 1. The predicted octanol–water partition coefficient (Wildman–Crippen LogP) is 4.88. The van der Waals surface area contributed by atoms with Crippen molar-refractivity contribution in [2.45, 2.75) is 19.4 Å². The Kier molecular flexibility index (Phi) is 6.32. The number of imidazole rings is 1. The number of pyridine rings is 1. The first kappa shape index (κ1) is 23.6. The molecule has 1 saturated heterocycles. The standard InChI is InChI=1S/C29H26ClN5O2/c30-23-5-1-19(2-6-23)18-34-13-15-35(16-14-34)29(37)28-32-26(20-9-11-31-12-10-20)27(33-28)22-3-7-24-21(17-22)4-8-25(24)36/h1-3,5-7,9-12,17H,4,8,13-16,18H2,(H,32,33). The van der Waals surface area contributed by atoms with Gasteiger partial charge in [-0.15, -0.1) is 0 Å². The largest absolute Gasteiger partial charge is 0.333 e. The Hall–Kier alpha value is -3.81. The van der Waals surface area contributed by atoms with E-state index >= 15 is 0 Å². The molecular weight excluding hydrogens is 486 g/mol. The van der Waals surface area contributed by atoms with Gasteiger partial charge in [-0.25, -0.2) is 4.98 Å². The predicted molar refractivity (Wildman–Crippen MR) is 143 cm³/mol.